The summed E-state index contributed by atoms with van der Waals surface area (Å²) < 4.78 is 6.96. The summed E-state index contributed by atoms with van der Waals surface area (Å²) in [5, 5.41) is 17.2. The van der Waals surface area contributed by atoms with Gasteiger partial charge in [-0.1, -0.05) is 49.2 Å². The summed E-state index contributed by atoms with van der Waals surface area (Å²) >= 11 is 12.3. The molecule has 0 aliphatic carbocycles. The van der Waals surface area contributed by atoms with Crippen molar-refractivity contribution in [1.29, 1.82) is 0 Å². The highest BCUT2D eigenvalue weighted by atomic mass is 35.5. The van der Waals surface area contributed by atoms with Gasteiger partial charge in [-0.15, -0.1) is 10.2 Å². The molecule has 7 nitrogen and oxygen atoms in total. The van der Waals surface area contributed by atoms with E-state index in [1.807, 2.05) is 24.3 Å². The first-order valence-corrected chi connectivity index (χ1v) is 10.7. The second kappa shape index (κ2) is 8.76. The van der Waals surface area contributed by atoms with Crippen LogP contribution in [0.3, 0.4) is 0 Å². The quantitative estimate of drug-likeness (QED) is 0.399. The minimum Gasteiger partial charge on any atom is -0.495 e. The summed E-state index contributed by atoms with van der Waals surface area (Å²) in [5.74, 6) is 0.167. The van der Waals surface area contributed by atoms with Gasteiger partial charge in [-0.3, -0.25) is 4.79 Å². The Bertz CT molecular complexity index is 1330. The molecular formula is C23H21Cl2N5O2. The van der Waals surface area contributed by atoms with Gasteiger partial charge < -0.3 is 10.1 Å². The zero-order valence-electron chi connectivity index (χ0n) is 18.0. The third kappa shape index (κ3) is 4.01. The second-order valence-electron chi connectivity index (χ2n) is 7.59. The smallest absolute Gasteiger partial charge is 0.278 e. The Morgan fingerprint density at radius 2 is 1.84 bits per heavy atom. The highest BCUT2D eigenvalue weighted by Crippen LogP contribution is 2.34. The summed E-state index contributed by atoms with van der Waals surface area (Å²) in [6.07, 6.45) is 0. The highest BCUT2D eigenvalue weighted by molar-refractivity contribution is 6.31. The van der Waals surface area contributed by atoms with Crippen LogP contribution in [0.25, 0.3) is 16.8 Å². The average molecular weight is 470 g/mol. The number of fused-ring (bicyclic) bond motifs is 1. The van der Waals surface area contributed by atoms with Gasteiger partial charge in [0.15, 0.2) is 11.3 Å². The van der Waals surface area contributed by atoms with E-state index >= 15 is 0 Å². The summed E-state index contributed by atoms with van der Waals surface area (Å²) in [7, 11) is 1.52. The molecule has 4 rings (SSSR count). The van der Waals surface area contributed by atoms with Crippen molar-refractivity contribution in [3.8, 4) is 16.9 Å². The molecule has 2 heterocycles. The highest BCUT2D eigenvalue weighted by Gasteiger charge is 2.23. The monoisotopic (exact) mass is 469 g/mol. The summed E-state index contributed by atoms with van der Waals surface area (Å²) in [6.45, 7) is 5.89. The molecule has 164 valence electrons. The van der Waals surface area contributed by atoms with Gasteiger partial charge in [-0.25, -0.2) is 4.52 Å². The van der Waals surface area contributed by atoms with Crippen molar-refractivity contribution in [3.63, 3.8) is 0 Å². The summed E-state index contributed by atoms with van der Waals surface area (Å²) in [6, 6.07) is 12.5. The van der Waals surface area contributed by atoms with Crippen LogP contribution >= 0.6 is 23.2 Å². The number of nitrogens with one attached hydrogen (secondary N) is 1. The van der Waals surface area contributed by atoms with Gasteiger partial charge in [0.05, 0.1) is 29.7 Å². The Hall–Kier alpha value is -3.16. The van der Waals surface area contributed by atoms with Crippen LogP contribution in [0.15, 0.2) is 42.5 Å². The molecule has 32 heavy (non-hydrogen) atoms. The second-order valence-corrected chi connectivity index (χ2v) is 8.47. The number of halogens is 2. The molecule has 0 saturated carbocycles. The Morgan fingerprint density at radius 1 is 1.09 bits per heavy atom. The molecule has 0 unspecified atom stereocenters. The lowest BCUT2D eigenvalue weighted by Crippen LogP contribution is -2.19. The maximum Gasteiger partial charge on any atom is 0.278 e. The van der Waals surface area contributed by atoms with Gasteiger partial charge in [0.2, 0.25) is 0 Å². The van der Waals surface area contributed by atoms with Crippen molar-refractivity contribution < 1.29 is 9.53 Å². The van der Waals surface area contributed by atoms with E-state index in [0.29, 0.717) is 32.8 Å². The first-order chi connectivity index (χ1) is 15.3. The number of rotatable bonds is 5. The molecule has 0 bridgehead atoms. The zero-order chi connectivity index (χ0) is 23.0. The van der Waals surface area contributed by atoms with Gasteiger partial charge in [0.25, 0.3) is 5.91 Å². The predicted octanol–water partition coefficient (Wildman–Crippen LogP) is 5.79. The van der Waals surface area contributed by atoms with Crippen LogP contribution in [0.2, 0.25) is 10.0 Å². The molecule has 0 aliphatic heterocycles. The number of anilines is 1. The summed E-state index contributed by atoms with van der Waals surface area (Å²) in [5.41, 5.74) is 4.30. The van der Waals surface area contributed by atoms with E-state index in [4.69, 9.17) is 33.0 Å². The first-order valence-electron chi connectivity index (χ1n) is 9.97. The Labute approximate surface area is 195 Å². The molecule has 2 aromatic carbocycles. The number of aromatic nitrogens is 4. The number of carbonyl (C=O) groups is 1. The number of ether oxygens (including phenoxy) is 1. The van der Waals surface area contributed by atoms with E-state index in [9.17, 15) is 4.79 Å². The van der Waals surface area contributed by atoms with Crippen LogP contribution in [-0.2, 0) is 0 Å². The van der Waals surface area contributed by atoms with E-state index in [-0.39, 0.29) is 11.6 Å². The summed E-state index contributed by atoms with van der Waals surface area (Å²) in [4.78, 5) is 13.0. The molecule has 9 heteroatoms. The van der Waals surface area contributed by atoms with Gasteiger partial charge in [0.1, 0.15) is 5.75 Å². The molecule has 0 atom stereocenters. The van der Waals surface area contributed by atoms with Crippen molar-refractivity contribution in [2.24, 2.45) is 0 Å². The first kappa shape index (κ1) is 22.0. The molecule has 2 aromatic heterocycles. The zero-order valence-corrected chi connectivity index (χ0v) is 19.5. The molecule has 0 radical (unpaired) electrons. The molecule has 4 aromatic rings. The lowest BCUT2D eigenvalue weighted by atomic mass is 9.99. The molecule has 1 amide bonds. The molecule has 1 N–H and O–H groups in total. The fourth-order valence-corrected chi connectivity index (χ4v) is 3.88. The van der Waals surface area contributed by atoms with E-state index in [1.54, 1.807) is 29.6 Å². The molecule has 0 fully saturated rings. The number of benzene rings is 2. The normalized spacial score (nSPS) is 11.2. The van der Waals surface area contributed by atoms with Crippen molar-refractivity contribution in [1.82, 2.24) is 19.8 Å². The van der Waals surface area contributed by atoms with Crippen LogP contribution in [-0.4, -0.2) is 32.8 Å². The maximum absolute atomic E-state index is 13.0. The number of amides is 1. The largest absolute Gasteiger partial charge is 0.495 e. The Kier molecular flexibility index (Phi) is 6.04. The topological polar surface area (TPSA) is 81.4 Å². The van der Waals surface area contributed by atoms with Crippen molar-refractivity contribution in [3.05, 3.63) is 69.6 Å². The van der Waals surface area contributed by atoms with Gasteiger partial charge >= 0.3 is 0 Å². The van der Waals surface area contributed by atoms with E-state index in [1.165, 1.54) is 7.11 Å². The van der Waals surface area contributed by atoms with Crippen LogP contribution in [0, 0.1) is 6.92 Å². The number of hydrogen-bond acceptors (Lipinski definition) is 5. The van der Waals surface area contributed by atoms with Gasteiger partial charge in [-0.2, -0.15) is 5.10 Å². The number of carbonyl (C=O) groups excluding carboxylic acids is 1. The third-order valence-electron chi connectivity index (χ3n) is 5.08. The molecular weight excluding hydrogens is 449 g/mol. The van der Waals surface area contributed by atoms with Crippen molar-refractivity contribution in [2.45, 2.75) is 26.7 Å². The number of hydrogen-bond donors (Lipinski definition) is 1. The third-order valence-corrected chi connectivity index (χ3v) is 5.55. The lowest BCUT2D eigenvalue weighted by molar-refractivity contribution is 0.101. The average Bonchev–Trinajstić information content (AvgIpc) is 3.15. The maximum atomic E-state index is 13.0. The van der Waals surface area contributed by atoms with Crippen molar-refractivity contribution in [2.75, 3.05) is 12.4 Å². The van der Waals surface area contributed by atoms with Crippen LogP contribution in [0.1, 0.15) is 41.6 Å². The van der Waals surface area contributed by atoms with Crippen LogP contribution in [0.4, 0.5) is 5.69 Å². The SMILES string of the molecule is COc1ccc(Cl)cc1NC(=O)c1nnc2c(-c3cccc(Cl)c3)c(C(C)C)nn2c1C. The fourth-order valence-electron chi connectivity index (χ4n) is 3.52. The van der Waals surface area contributed by atoms with E-state index < -0.39 is 5.91 Å². The van der Waals surface area contributed by atoms with E-state index in [0.717, 1.165) is 16.8 Å². The fraction of sp³-hybridized carbons (Fsp3) is 0.217. The number of nitrogens with zero attached hydrogens (tertiary/aromatic N) is 4. The van der Waals surface area contributed by atoms with Gasteiger partial charge in [0, 0.05) is 10.0 Å². The molecule has 0 saturated heterocycles. The minimum absolute atomic E-state index is 0.123. The number of methoxy groups -OCH3 is 1. The van der Waals surface area contributed by atoms with Crippen molar-refractivity contribution >= 4 is 40.4 Å². The minimum atomic E-state index is -0.441. The Balaban J connectivity index is 1.81. The number of aryl methyl sites for hydroxylation is 1. The lowest BCUT2D eigenvalue weighted by Gasteiger charge is -2.11. The Morgan fingerprint density at radius 3 is 2.53 bits per heavy atom. The molecule has 0 aliphatic rings. The van der Waals surface area contributed by atoms with Crippen LogP contribution in [0.5, 0.6) is 5.75 Å². The molecule has 0 spiro atoms. The standard InChI is InChI=1S/C23H21Cl2N5O2/c1-12(2)20-19(14-6-5-7-15(24)10-14)22-28-27-21(13(3)30(22)29-20)23(31)26-17-11-16(25)8-9-18(17)32-4/h5-12H,1-4H3,(H,26,31). The van der Waals surface area contributed by atoms with E-state index in [2.05, 4.69) is 29.4 Å². The van der Waals surface area contributed by atoms with Crippen LogP contribution < -0.4 is 10.1 Å². The van der Waals surface area contributed by atoms with Gasteiger partial charge in [-0.05, 0) is 48.7 Å². The predicted molar refractivity (Wildman–Crippen MR) is 126 cm³/mol.